The molecule has 0 N–H and O–H groups in total. The van der Waals surface area contributed by atoms with Crippen molar-refractivity contribution in [2.75, 3.05) is 7.11 Å². The van der Waals surface area contributed by atoms with E-state index < -0.39 is 0 Å². The van der Waals surface area contributed by atoms with Crippen molar-refractivity contribution in [3.8, 4) is 17.6 Å². The predicted molar refractivity (Wildman–Crippen MR) is 88.8 cm³/mol. The van der Waals surface area contributed by atoms with E-state index in [4.69, 9.17) is 14.7 Å². The minimum atomic E-state index is 0.411. The lowest BCUT2D eigenvalue weighted by molar-refractivity contribution is 0.303. The number of alkyl halides is 1. The van der Waals surface area contributed by atoms with Gasteiger partial charge in [0.2, 0.25) is 0 Å². The maximum Gasteiger partial charge on any atom is 0.137 e. The molecular formula is C16H13Br2NO2. The summed E-state index contributed by atoms with van der Waals surface area (Å²) in [6.45, 7) is 0.411. The van der Waals surface area contributed by atoms with E-state index >= 15 is 0 Å². The highest BCUT2D eigenvalue weighted by molar-refractivity contribution is 9.10. The third-order valence-electron chi connectivity index (χ3n) is 2.93. The fourth-order valence-electron chi connectivity index (χ4n) is 1.82. The number of benzene rings is 2. The van der Waals surface area contributed by atoms with Crippen LogP contribution in [0.25, 0.3) is 0 Å². The summed E-state index contributed by atoms with van der Waals surface area (Å²) in [4.78, 5) is 0. The van der Waals surface area contributed by atoms with Crippen molar-refractivity contribution in [2.24, 2.45) is 0 Å². The lowest BCUT2D eigenvalue weighted by Crippen LogP contribution is -1.98. The molecule has 0 saturated heterocycles. The van der Waals surface area contributed by atoms with Crippen molar-refractivity contribution in [2.45, 2.75) is 11.9 Å². The minimum Gasteiger partial charge on any atom is -0.495 e. The molecule has 5 heteroatoms. The molecule has 0 heterocycles. The van der Waals surface area contributed by atoms with E-state index in [9.17, 15) is 0 Å². The van der Waals surface area contributed by atoms with Gasteiger partial charge in [0.15, 0.2) is 0 Å². The number of ether oxygens (including phenoxy) is 2. The van der Waals surface area contributed by atoms with Crippen LogP contribution in [-0.2, 0) is 11.9 Å². The second-order valence-corrected chi connectivity index (χ2v) is 5.75. The molecule has 0 fully saturated rings. The Morgan fingerprint density at radius 3 is 2.48 bits per heavy atom. The van der Waals surface area contributed by atoms with Gasteiger partial charge in [0, 0.05) is 5.33 Å². The Kier molecular flexibility index (Phi) is 5.66. The predicted octanol–water partition coefficient (Wildman–Crippen LogP) is 4.80. The summed E-state index contributed by atoms with van der Waals surface area (Å²) in [6.07, 6.45) is 0. The first kappa shape index (κ1) is 15.9. The van der Waals surface area contributed by atoms with Crippen molar-refractivity contribution >= 4 is 31.9 Å². The Bertz CT molecular complexity index is 680. The molecule has 108 valence electrons. The molecule has 2 aromatic carbocycles. The van der Waals surface area contributed by atoms with Gasteiger partial charge in [0.05, 0.1) is 17.1 Å². The fourth-order valence-corrected chi connectivity index (χ4v) is 2.71. The number of nitrogens with zero attached hydrogens (tertiary/aromatic N) is 1. The van der Waals surface area contributed by atoms with Gasteiger partial charge in [0.25, 0.3) is 0 Å². The van der Waals surface area contributed by atoms with E-state index in [1.54, 1.807) is 13.2 Å². The average Bonchev–Trinajstić information content (AvgIpc) is 2.53. The quantitative estimate of drug-likeness (QED) is 0.664. The second kappa shape index (κ2) is 7.48. The molecule has 0 amide bonds. The molecule has 3 nitrogen and oxygen atoms in total. The number of hydrogen-bond acceptors (Lipinski definition) is 3. The molecule has 0 unspecified atom stereocenters. The van der Waals surface area contributed by atoms with Crippen LogP contribution in [0, 0.1) is 11.3 Å². The van der Waals surface area contributed by atoms with Crippen LogP contribution in [-0.4, -0.2) is 7.11 Å². The standard InChI is InChI=1S/C16H13Br2NO2/c1-20-16-7-12(2-4-13(16)9-19)10-21-15-5-3-11(8-17)6-14(15)18/h2-7H,8,10H2,1H3. The molecular weight excluding hydrogens is 398 g/mol. The van der Waals surface area contributed by atoms with Gasteiger partial charge >= 0.3 is 0 Å². The first-order valence-electron chi connectivity index (χ1n) is 6.22. The lowest BCUT2D eigenvalue weighted by atomic mass is 10.1. The number of nitriles is 1. The van der Waals surface area contributed by atoms with Crippen molar-refractivity contribution in [3.63, 3.8) is 0 Å². The number of methoxy groups -OCH3 is 1. The van der Waals surface area contributed by atoms with Gasteiger partial charge in [0.1, 0.15) is 24.2 Å². The molecule has 2 aromatic rings. The molecule has 0 saturated carbocycles. The fraction of sp³-hybridized carbons (Fsp3) is 0.188. The van der Waals surface area contributed by atoms with Gasteiger partial charge in [-0.2, -0.15) is 5.26 Å². The van der Waals surface area contributed by atoms with Crippen LogP contribution in [0.2, 0.25) is 0 Å². The second-order valence-electron chi connectivity index (χ2n) is 4.33. The van der Waals surface area contributed by atoms with Gasteiger partial charge in [-0.05, 0) is 51.3 Å². The Morgan fingerprint density at radius 1 is 1.10 bits per heavy atom. The van der Waals surface area contributed by atoms with Gasteiger partial charge in [-0.3, -0.25) is 0 Å². The van der Waals surface area contributed by atoms with E-state index in [0.717, 1.165) is 21.1 Å². The Morgan fingerprint density at radius 2 is 1.86 bits per heavy atom. The van der Waals surface area contributed by atoms with E-state index in [0.29, 0.717) is 17.9 Å². The van der Waals surface area contributed by atoms with Gasteiger partial charge < -0.3 is 9.47 Å². The Labute approximate surface area is 140 Å². The Hall–Kier alpha value is -1.51. The lowest BCUT2D eigenvalue weighted by Gasteiger charge is -2.10. The van der Waals surface area contributed by atoms with Crippen LogP contribution in [0.3, 0.4) is 0 Å². The Balaban J connectivity index is 2.11. The molecule has 0 aliphatic carbocycles. The smallest absolute Gasteiger partial charge is 0.137 e. The van der Waals surface area contributed by atoms with E-state index in [1.165, 1.54) is 5.56 Å². The highest BCUT2D eigenvalue weighted by Gasteiger charge is 2.06. The first-order valence-corrected chi connectivity index (χ1v) is 8.13. The van der Waals surface area contributed by atoms with Crippen LogP contribution in [0.1, 0.15) is 16.7 Å². The van der Waals surface area contributed by atoms with Crippen molar-refractivity contribution in [1.29, 1.82) is 5.26 Å². The van der Waals surface area contributed by atoms with Crippen LogP contribution < -0.4 is 9.47 Å². The van der Waals surface area contributed by atoms with Crippen molar-refractivity contribution in [3.05, 3.63) is 57.6 Å². The molecule has 2 rings (SSSR count). The van der Waals surface area contributed by atoms with Crippen molar-refractivity contribution in [1.82, 2.24) is 0 Å². The number of hydrogen-bond donors (Lipinski definition) is 0. The van der Waals surface area contributed by atoms with E-state index in [-0.39, 0.29) is 0 Å². The molecule has 0 bridgehead atoms. The minimum absolute atomic E-state index is 0.411. The van der Waals surface area contributed by atoms with Crippen LogP contribution in [0.15, 0.2) is 40.9 Å². The highest BCUT2D eigenvalue weighted by Crippen LogP contribution is 2.28. The third-order valence-corrected chi connectivity index (χ3v) is 4.20. The monoisotopic (exact) mass is 409 g/mol. The number of rotatable bonds is 5. The van der Waals surface area contributed by atoms with Crippen LogP contribution in [0.5, 0.6) is 11.5 Å². The molecule has 0 aromatic heterocycles. The van der Waals surface area contributed by atoms with Crippen LogP contribution in [0.4, 0.5) is 0 Å². The molecule has 0 radical (unpaired) electrons. The maximum absolute atomic E-state index is 8.96. The summed E-state index contributed by atoms with van der Waals surface area (Å²) in [6, 6.07) is 13.5. The van der Waals surface area contributed by atoms with E-state index in [1.807, 2.05) is 30.3 Å². The average molecular weight is 411 g/mol. The zero-order valence-electron chi connectivity index (χ0n) is 11.4. The van der Waals surface area contributed by atoms with Gasteiger partial charge in [-0.1, -0.05) is 28.1 Å². The third kappa shape index (κ3) is 3.99. The summed E-state index contributed by atoms with van der Waals surface area (Å²) in [5.41, 5.74) is 2.64. The molecule has 0 spiro atoms. The maximum atomic E-state index is 8.96. The topological polar surface area (TPSA) is 42.2 Å². The summed E-state index contributed by atoms with van der Waals surface area (Å²) < 4.78 is 11.9. The first-order chi connectivity index (χ1) is 10.2. The normalized spacial score (nSPS) is 10.0. The van der Waals surface area contributed by atoms with Crippen molar-refractivity contribution < 1.29 is 9.47 Å². The molecule has 0 aliphatic rings. The summed E-state index contributed by atoms with van der Waals surface area (Å²) in [5.74, 6) is 1.34. The molecule has 0 aliphatic heterocycles. The van der Waals surface area contributed by atoms with E-state index in [2.05, 4.69) is 37.9 Å². The van der Waals surface area contributed by atoms with Crippen LogP contribution >= 0.6 is 31.9 Å². The molecule has 21 heavy (non-hydrogen) atoms. The zero-order valence-corrected chi connectivity index (χ0v) is 14.6. The summed E-state index contributed by atoms with van der Waals surface area (Å²) in [5, 5.41) is 9.77. The van der Waals surface area contributed by atoms with Gasteiger partial charge in [-0.25, -0.2) is 0 Å². The SMILES string of the molecule is COc1cc(COc2ccc(CBr)cc2Br)ccc1C#N. The summed E-state index contributed by atoms with van der Waals surface area (Å²) in [7, 11) is 1.55. The number of halogens is 2. The largest absolute Gasteiger partial charge is 0.495 e. The highest BCUT2D eigenvalue weighted by atomic mass is 79.9. The van der Waals surface area contributed by atoms with Gasteiger partial charge in [-0.15, -0.1) is 0 Å². The molecule has 0 atom stereocenters. The zero-order chi connectivity index (χ0) is 15.2. The summed E-state index contributed by atoms with van der Waals surface area (Å²) >= 11 is 6.92.